The zero-order valence-corrected chi connectivity index (χ0v) is 12.1. The van der Waals surface area contributed by atoms with Crippen LogP contribution in [0.2, 0.25) is 0 Å². The zero-order valence-electron chi connectivity index (χ0n) is 12.1. The first kappa shape index (κ1) is 14.7. The second kappa shape index (κ2) is 6.13. The van der Waals surface area contributed by atoms with E-state index >= 15 is 0 Å². The van der Waals surface area contributed by atoms with Crippen molar-refractivity contribution in [2.75, 3.05) is 6.54 Å². The van der Waals surface area contributed by atoms with E-state index in [1.54, 1.807) is 6.07 Å². The molecule has 1 N–H and O–H groups in total. The summed E-state index contributed by atoms with van der Waals surface area (Å²) in [7, 11) is 0. The first-order chi connectivity index (χ1) is 9.42. The third kappa shape index (κ3) is 4.74. The van der Waals surface area contributed by atoms with Crippen LogP contribution in [0.1, 0.15) is 38.1 Å². The average Bonchev–Trinajstić information content (AvgIpc) is 2.75. The topological polar surface area (TPSA) is 51.0 Å². The maximum absolute atomic E-state index is 13.1. The summed E-state index contributed by atoms with van der Waals surface area (Å²) < 4.78 is 18.6. The van der Waals surface area contributed by atoms with Crippen molar-refractivity contribution < 1.29 is 8.81 Å². The van der Waals surface area contributed by atoms with Crippen LogP contribution in [0.4, 0.5) is 4.39 Å². The van der Waals surface area contributed by atoms with Crippen LogP contribution in [0.25, 0.3) is 0 Å². The second-order valence-corrected chi connectivity index (χ2v) is 5.82. The summed E-state index contributed by atoms with van der Waals surface area (Å²) in [5.74, 6) is 0.867. The maximum Gasteiger partial charge on any atom is 0.220 e. The van der Waals surface area contributed by atoms with E-state index in [4.69, 9.17) is 4.42 Å². The minimum atomic E-state index is -0.253. The fourth-order valence-corrected chi connectivity index (χ4v) is 1.83. The molecule has 4 nitrogen and oxygen atoms in total. The average molecular weight is 277 g/mol. The molecule has 0 unspecified atom stereocenters. The molecule has 0 aliphatic carbocycles. The van der Waals surface area contributed by atoms with E-state index in [1.165, 1.54) is 12.1 Å². The normalized spacial score (nSPS) is 11.8. The summed E-state index contributed by atoms with van der Waals surface area (Å²) in [6.45, 7) is 7.10. The monoisotopic (exact) mass is 277 g/mol. The van der Waals surface area contributed by atoms with Crippen molar-refractivity contribution in [1.29, 1.82) is 0 Å². The highest BCUT2D eigenvalue weighted by Gasteiger charge is 2.11. The van der Waals surface area contributed by atoms with Crippen LogP contribution in [0, 0.1) is 5.82 Å². The standard InChI is InChI=1S/C15H20FN3O/c1-15(2,3)17-8-7-13-18-19-14(20-13)10-11-5-4-6-12(16)9-11/h4-6,9,17H,7-8,10H2,1-3H3. The van der Waals surface area contributed by atoms with Crippen LogP contribution in [0.3, 0.4) is 0 Å². The lowest BCUT2D eigenvalue weighted by molar-refractivity contribution is 0.403. The molecule has 2 rings (SSSR count). The summed E-state index contributed by atoms with van der Waals surface area (Å²) in [5.41, 5.74) is 0.901. The van der Waals surface area contributed by atoms with Crippen molar-refractivity contribution in [3.8, 4) is 0 Å². The van der Waals surface area contributed by atoms with Crippen molar-refractivity contribution in [3.63, 3.8) is 0 Å². The molecule has 5 heteroatoms. The molecule has 108 valence electrons. The molecule has 2 aromatic rings. The number of hydrogen-bond acceptors (Lipinski definition) is 4. The lowest BCUT2D eigenvalue weighted by atomic mass is 10.1. The van der Waals surface area contributed by atoms with Gasteiger partial charge in [-0.2, -0.15) is 0 Å². The number of hydrogen-bond donors (Lipinski definition) is 1. The van der Waals surface area contributed by atoms with Gasteiger partial charge >= 0.3 is 0 Å². The molecule has 0 bridgehead atoms. The first-order valence-electron chi connectivity index (χ1n) is 6.73. The highest BCUT2D eigenvalue weighted by Crippen LogP contribution is 2.10. The minimum Gasteiger partial charge on any atom is -0.425 e. The van der Waals surface area contributed by atoms with Gasteiger partial charge in [-0.3, -0.25) is 0 Å². The summed E-state index contributed by atoms with van der Waals surface area (Å²) >= 11 is 0. The van der Waals surface area contributed by atoms with Gasteiger partial charge in [0.2, 0.25) is 11.8 Å². The van der Waals surface area contributed by atoms with Crippen molar-refractivity contribution in [1.82, 2.24) is 15.5 Å². The summed E-state index contributed by atoms with van der Waals surface area (Å²) in [4.78, 5) is 0. The van der Waals surface area contributed by atoms with Crippen LogP contribution in [0.5, 0.6) is 0 Å². The molecule has 0 aliphatic rings. The molecule has 0 amide bonds. The Morgan fingerprint density at radius 1 is 1.20 bits per heavy atom. The van der Waals surface area contributed by atoms with Crippen molar-refractivity contribution >= 4 is 0 Å². The largest absolute Gasteiger partial charge is 0.425 e. The Balaban J connectivity index is 1.89. The fourth-order valence-electron chi connectivity index (χ4n) is 1.83. The molecule has 0 saturated heterocycles. The Hall–Kier alpha value is -1.75. The highest BCUT2D eigenvalue weighted by atomic mass is 19.1. The number of rotatable bonds is 5. The van der Waals surface area contributed by atoms with Gasteiger partial charge in [-0.1, -0.05) is 12.1 Å². The van der Waals surface area contributed by atoms with Crippen LogP contribution >= 0.6 is 0 Å². The molecule has 20 heavy (non-hydrogen) atoms. The zero-order chi connectivity index (χ0) is 14.6. The Bertz CT molecular complexity index is 560. The molecule has 1 heterocycles. The number of nitrogens with one attached hydrogen (secondary N) is 1. The Morgan fingerprint density at radius 3 is 2.65 bits per heavy atom. The molecule has 0 aliphatic heterocycles. The smallest absolute Gasteiger partial charge is 0.220 e. The van der Waals surface area contributed by atoms with E-state index in [-0.39, 0.29) is 11.4 Å². The molecular formula is C15H20FN3O. The van der Waals surface area contributed by atoms with Crippen LogP contribution in [-0.4, -0.2) is 22.3 Å². The Kier molecular flexibility index (Phi) is 4.49. The van der Waals surface area contributed by atoms with E-state index in [0.717, 1.165) is 12.1 Å². The van der Waals surface area contributed by atoms with Gasteiger partial charge in [0.1, 0.15) is 5.82 Å². The van der Waals surface area contributed by atoms with E-state index < -0.39 is 0 Å². The van der Waals surface area contributed by atoms with E-state index in [9.17, 15) is 4.39 Å². The summed E-state index contributed by atoms with van der Waals surface area (Å²) in [5, 5.41) is 11.4. The molecule has 1 aromatic carbocycles. The molecule has 0 saturated carbocycles. The van der Waals surface area contributed by atoms with Gasteiger partial charge in [-0.05, 0) is 38.5 Å². The lowest BCUT2D eigenvalue weighted by Crippen LogP contribution is -2.37. The quantitative estimate of drug-likeness (QED) is 0.913. The third-order valence-corrected chi connectivity index (χ3v) is 2.75. The Morgan fingerprint density at radius 2 is 1.95 bits per heavy atom. The van der Waals surface area contributed by atoms with Gasteiger partial charge in [0.15, 0.2) is 0 Å². The number of nitrogens with zero attached hydrogens (tertiary/aromatic N) is 2. The van der Waals surface area contributed by atoms with Gasteiger partial charge < -0.3 is 9.73 Å². The van der Waals surface area contributed by atoms with Crippen molar-refractivity contribution in [2.45, 2.75) is 39.2 Å². The lowest BCUT2D eigenvalue weighted by Gasteiger charge is -2.19. The van der Waals surface area contributed by atoms with Crippen molar-refractivity contribution in [2.24, 2.45) is 0 Å². The van der Waals surface area contributed by atoms with Gasteiger partial charge in [-0.15, -0.1) is 10.2 Å². The van der Waals surface area contributed by atoms with Gasteiger partial charge in [0, 0.05) is 18.5 Å². The van der Waals surface area contributed by atoms with Gasteiger partial charge in [0.25, 0.3) is 0 Å². The van der Waals surface area contributed by atoms with Gasteiger partial charge in [-0.25, -0.2) is 4.39 Å². The van der Waals surface area contributed by atoms with Crippen LogP contribution in [-0.2, 0) is 12.8 Å². The number of benzene rings is 1. The highest BCUT2D eigenvalue weighted by molar-refractivity contribution is 5.19. The second-order valence-electron chi connectivity index (χ2n) is 5.82. The fraction of sp³-hybridized carbons (Fsp3) is 0.467. The first-order valence-corrected chi connectivity index (χ1v) is 6.73. The molecule has 0 spiro atoms. The van der Waals surface area contributed by atoms with E-state index in [0.29, 0.717) is 24.6 Å². The third-order valence-electron chi connectivity index (χ3n) is 2.75. The van der Waals surface area contributed by atoms with E-state index in [2.05, 4.69) is 36.3 Å². The molecular weight excluding hydrogens is 257 g/mol. The van der Waals surface area contributed by atoms with Crippen molar-refractivity contribution in [3.05, 3.63) is 47.4 Å². The number of aromatic nitrogens is 2. The molecule has 1 aromatic heterocycles. The maximum atomic E-state index is 13.1. The predicted molar refractivity (Wildman–Crippen MR) is 75.0 cm³/mol. The SMILES string of the molecule is CC(C)(C)NCCc1nnc(Cc2cccc(F)c2)o1. The summed E-state index contributed by atoms with van der Waals surface area (Å²) in [6.07, 6.45) is 1.14. The number of halogens is 1. The molecule has 0 atom stereocenters. The Labute approximate surface area is 118 Å². The summed E-state index contributed by atoms with van der Waals surface area (Å²) in [6, 6.07) is 6.41. The van der Waals surface area contributed by atoms with Crippen LogP contribution < -0.4 is 5.32 Å². The van der Waals surface area contributed by atoms with Gasteiger partial charge in [0.05, 0.1) is 6.42 Å². The minimum absolute atomic E-state index is 0.0738. The molecule has 0 fully saturated rings. The molecule has 0 radical (unpaired) electrons. The predicted octanol–water partition coefficient (Wildman–Crippen LogP) is 2.73. The van der Waals surface area contributed by atoms with E-state index in [1.807, 2.05) is 6.07 Å². The van der Waals surface area contributed by atoms with Crippen LogP contribution in [0.15, 0.2) is 28.7 Å².